The lowest BCUT2D eigenvalue weighted by Crippen LogP contribution is -2.39. The van der Waals surface area contributed by atoms with E-state index in [0.717, 1.165) is 5.56 Å². The predicted molar refractivity (Wildman–Crippen MR) is 85.0 cm³/mol. The molecule has 0 spiro atoms. The third kappa shape index (κ3) is 7.30. The van der Waals surface area contributed by atoms with Crippen LogP contribution in [0.3, 0.4) is 0 Å². The lowest BCUT2D eigenvalue weighted by Gasteiger charge is -2.20. The molecule has 0 fully saturated rings. The molecule has 1 aromatic carbocycles. The van der Waals surface area contributed by atoms with Gasteiger partial charge in [-0.15, -0.1) is 0 Å². The summed E-state index contributed by atoms with van der Waals surface area (Å²) in [5.41, 5.74) is 1.40. The predicted octanol–water partition coefficient (Wildman–Crippen LogP) is 2.21. The summed E-state index contributed by atoms with van der Waals surface area (Å²) >= 11 is 0. The summed E-state index contributed by atoms with van der Waals surface area (Å²) in [5.74, 6) is -0.505. The quantitative estimate of drug-likeness (QED) is 0.416. The van der Waals surface area contributed by atoms with Crippen LogP contribution < -0.4 is 0 Å². The van der Waals surface area contributed by atoms with Crippen LogP contribution in [0.25, 0.3) is 0 Å². The summed E-state index contributed by atoms with van der Waals surface area (Å²) in [6.07, 6.45) is -0.618. The van der Waals surface area contributed by atoms with Crippen LogP contribution in [0, 0.1) is 0 Å². The number of carbonyl (C=O) groups is 2. The molecule has 0 saturated heterocycles. The topological polar surface area (TPSA) is 77.4 Å². The molecule has 0 N–H and O–H groups in total. The van der Waals surface area contributed by atoms with Crippen LogP contribution in [0.2, 0.25) is 0 Å². The molecule has 1 amide bonds. The molecule has 0 aliphatic rings. The summed E-state index contributed by atoms with van der Waals surface area (Å²) in [4.78, 5) is 29.7. The highest BCUT2D eigenvalue weighted by molar-refractivity contribution is 5.88. The first-order valence-electron chi connectivity index (χ1n) is 7.24. The van der Waals surface area contributed by atoms with E-state index in [2.05, 4.69) is 9.99 Å². The average molecular weight is 322 g/mol. The fraction of sp³-hybridized carbons (Fsp3) is 0.438. The van der Waals surface area contributed by atoms with Crippen molar-refractivity contribution < 1.29 is 23.9 Å². The van der Waals surface area contributed by atoms with Gasteiger partial charge in [0.25, 0.3) is 0 Å². The number of oxime groups is 1. The molecule has 0 heterocycles. The minimum Gasteiger partial charge on any atom is -0.465 e. The number of amides is 1. The van der Waals surface area contributed by atoms with Crippen molar-refractivity contribution in [2.75, 3.05) is 26.8 Å². The molecule has 23 heavy (non-hydrogen) atoms. The minimum atomic E-state index is -0.618. The van der Waals surface area contributed by atoms with Gasteiger partial charge < -0.3 is 14.3 Å². The number of ether oxygens (including phenoxy) is 2. The highest BCUT2D eigenvalue weighted by Gasteiger charge is 2.20. The van der Waals surface area contributed by atoms with E-state index in [0.29, 0.717) is 5.71 Å². The molecule has 0 saturated carbocycles. The molecule has 0 radical (unpaired) electrons. The zero-order chi connectivity index (χ0) is 17.1. The van der Waals surface area contributed by atoms with Crippen molar-refractivity contribution in [3.05, 3.63) is 35.9 Å². The Morgan fingerprint density at radius 2 is 1.83 bits per heavy atom. The SMILES string of the molecule is CCOC(=O)CN(C/C(C)=N/OC)C(=O)OCc1ccccc1. The zero-order valence-corrected chi connectivity index (χ0v) is 13.7. The Balaban J connectivity index is 2.66. The third-order valence-electron chi connectivity index (χ3n) is 2.76. The van der Waals surface area contributed by atoms with E-state index in [9.17, 15) is 9.59 Å². The monoisotopic (exact) mass is 322 g/mol. The molecule has 7 heteroatoms. The molecule has 0 unspecified atom stereocenters. The van der Waals surface area contributed by atoms with Crippen molar-refractivity contribution >= 4 is 17.8 Å². The largest absolute Gasteiger partial charge is 0.465 e. The Morgan fingerprint density at radius 1 is 1.13 bits per heavy atom. The van der Waals surface area contributed by atoms with E-state index >= 15 is 0 Å². The van der Waals surface area contributed by atoms with Crippen LogP contribution in [0.15, 0.2) is 35.5 Å². The second kappa shape index (κ2) is 10.2. The summed E-state index contributed by atoms with van der Waals surface area (Å²) < 4.78 is 10.1. The van der Waals surface area contributed by atoms with Crippen LogP contribution in [0.1, 0.15) is 19.4 Å². The molecule has 0 aliphatic heterocycles. The number of benzene rings is 1. The van der Waals surface area contributed by atoms with Crippen molar-refractivity contribution in [2.45, 2.75) is 20.5 Å². The molecular weight excluding hydrogens is 300 g/mol. The van der Waals surface area contributed by atoms with Crippen LogP contribution in [-0.4, -0.2) is 49.5 Å². The fourth-order valence-electron chi connectivity index (χ4n) is 1.82. The standard InChI is InChI=1S/C16H22N2O5/c1-4-22-15(19)11-18(10-13(2)17-21-3)16(20)23-12-14-8-6-5-7-9-14/h5-9H,4,10-12H2,1-3H3/b17-13+. The first-order chi connectivity index (χ1) is 11.1. The molecule has 126 valence electrons. The van der Waals surface area contributed by atoms with Crippen LogP contribution in [0.4, 0.5) is 4.79 Å². The van der Waals surface area contributed by atoms with Gasteiger partial charge >= 0.3 is 12.1 Å². The second-order valence-electron chi connectivity index (χ2n) is 4.71. The normalized spacial score (nSPS) is 10.8. The van der Waals surface area contributed by atoms with Crippen molar-refractivity contribution in [3.63, 3.8) is 0 Å². The molecule has 0 atom stereocenters. The van der Waals surface area contributed by atoms with Gasteiger partial charge in [0.05, 0.1) is 18.9 Å². The van der Waals surface area contributed by atoms with Gasteiger partial charge in [0, 0.05) is 0 Å². The van der Waals surface area contributed by atoms with Crippen molar-refractivity contribution in [1.82, 2.24) is 4.90 Å². The van der Waals surface area contributed by atoms with Crippen LogP contribution in [0.5, 0.6) is 0 Å². The summed E-state index contributed by atoms with van der Waals surface area (Å²) in [6.45, 7) is 3.66. The number of carbonyl (C=O) groups excluding carboxylic acids is 2. The first kappa shape index (κ1) is 18.5. The van der Waals surface area contributed by atoms with Gasteiger partial charge in [-0.3, -0.25) is 9.69 Å². The Kier molecular flexibility index (Phi) is 8.20. The minimum absolute atomic E-state index is 0.111. The number of nitrogens with zero attached hydrogens (tertiary/aromatic N) is 2. The van der Waals surface area contributed by atoms with Crippen LogP contribution in [-0.2, 0) is 25.7 Å². The van der Waals surface area contributed by atoms with Crippen LogP contribution >= 0.6 is 0 Å². The maximum Gasteiger partial charge on any atom is 0.410 e. The van der Waals surface area contributed by atoms with E-state index in [1.54, 1.807) is 13.8 Å². The maximum atomic E-state index is 12.2. The summed E-state index contributed by atoms with van der Waals surface area (Å²) in [5, 5.41) is 3.73. The highest BCUT2D eigenvalue weighted by atomic mass is 16.6. The number of rotatable bonds is 8. The molecule has 0 bridgehead atoms. The molecule has 7 nitrogen and oxygen atoms in total. The van der Waals surface area contributed by atoms with Gasteiger partial charge in [-0.25, -0.2) is 4.79 Å². The zero-order valence-electron chi connectivity index (χ0n) is 13.7. The fourth-order valence-corrected chi connectivity index (χ4v) is 1.82. The van der Waals surface area contributed by atoms with Crippen molar-refractivity contribution in [3.8, 4) is 0 Å². The van der Waals surface area contributed by atoms with E-state index in [-0.39, 0.29) is 26.3 Å². The molecule has 0 aromatic heterocycles. The lowest BCUT2D eigenvalue weighted by atomic mass is 10.2. The smallest absolute Gasteiger partial charge is 0.410 e. The molecular formula is C16H22N2O5. The van der Waals surface area contributed by atoms with E-state index in [4.69, 9.17) is 9.47 Å². The third-order valence-corrected chi connectivity index (χ3v) is 2.76. The summed E-state index contributed by atoms with van der Waals surface area (Å²) in [6, 6.07) is 9.29. The van der Waals surface area contributed by atoms with E-state index in [1.165, 1.54) is 12.0 Å². The number of hydrogen-bond donors (Lipinski definition) is 0. The van der Waals surface area contributed by atoms with E-state index in [1.807, 2.05) is 30.3 Å². The second-order valence-corrected chi connectivity index (χ2v) is 4.71. The van der Waals surface area contributed by atoms with Gasteiger partial charge in [-0.2, -0.15) is 0 Å². The Hall–Kier alpha value is -2.57. The van der Waals surface area contributed by atoms with Gasteiger partial charge in [0.1, 0.15) is 20.3 Å². The van der Waals surface area contributed by atoms with Gasteiger partial charge in [0.2, 0.25) is 0 Å². The Morgan fingerprint density at radius 3 is 2.43 bits per heavy atom. The average Bonchev–Trinajstić information content (AvgIpc) is 2.53. The lowest BCUT2D eigenvalue weighted by molar-refractivity contribution is -0.143. The molecule has 1 aromatic rings. The number of esters is 1. The Bertz CT molecular complexity index is 531. The highest BCUT2D eigenvalue weighted by Crippen LogP contribution is 2.04. The molecule has 0 aliphatic carbocycles. The van der Waals surface area contributed by atoms with Crippen molar-refractivity contribution in [1.29, 1.82) is 0 Å². The van der Waals surface area contributed by atoms with E-state index < -0.39 is 12.1 Å². The Labute approximate surface area is 135 Å². The van der Waals surface area contributed by atoms with Gasteiger partial charge in [-0.1, -0.05) is 35.5 Å². The van der Waals surface area contributed by atoms with Crippen molar-refractivity contribution in [2.24, 2.45) is 5.16 Å². The molecule has 1 rings (SSSR count). The first-order valence-corrected chi connectivity index (χ1v) is 7.24. The number of hydrogen-bond acceptors (Lipinski definition) is 6. The summed E-state index contributed by atoms with van der Waals surface area (Å²) in [7, 11) is 1.41. The maximum absolute atomic E-state index is 12.2. The van der Waals surface area contributed by atoms with Gasteiger partial charge in [-0.05, 0) is 19.4 Å². The van der Waals surface area contributed by atoms with Gasteiger partial charge in [0.15, 0.2) is 0 Å².